The first-order chi connectivity index (χ1) is 12.0. The standard InChI is InChI=1S/C18H16Cl2N2O2S/c1-10-3-4-13(20)9-14(10)21-18-22-17(23)16(25-18)8-11-7-12(19)5-6-15(11)24-2/h3-9,18,21H,1-2H3,(H,22,23)/b16-8-. The van der Waals surface area contributed by atoms with E-state index in [2.05, 4.69) is 10.6 Å². The average Bonchev–Trinajstić information content (AvgIpc) is 2.91. The Kier molecular flexibility index (Phi) is 5.47. The fraction of sp³-hybridized carbons (Fsp3) is 0.167. The minimum atomic E-state index is -0.277. The number of carbonyl (C=O) groups excluding carboxylic acids is 1. The third kappa shape index (κ3) is 4.24. The Balaban J connectivity index is 1.81. The van der Waals surface area contributed by atoms with Gasteiger partial charge in [0.2, 0.25) is 0 Å². The first-order valence-electron chi connectivity index (χ1n) is 7.52. The van der Waals surface area contributed by atoms with E-state index in [0.717, 1.165) is 16.8 Å². The van der Waals surface area contributed by atoms with Crippen LogP contribution in [-0.4, -0.2) is 18.5 Å². The lowest BCUT2D eigenvalue weighted by Crippen LogP contribution is -2.31. The summed E-state index contributed by atoms with van der Waals surface area (Å²) in [6.45, 7) is 1.98. The van der Waals surface area contributed by atoms with Crippen molar-refractivity contribution in [3.63, 3.8) is 0 Å². The van der Waals surface area contributed by atoms with Crippen molar-refractivity contribution in [1.29, 1.82) is 0 Å². The highest BCUT2D eigenvalue weighted by Crippen LogP contribution is 2.34. The molecule has 0 aliphatic carbocycles. The maximum absolute atomic E-state index is 12.3. The van der Waals surface area contributed by atoms with Crippen molar-refractivity contribution in [2.75, 3.05) is 12.4 Å². The van der Waals surface area contributed by atoms with Crippen LogP contribution in [0.5, 0.6) is 5.75 Å². The molecule has 0 saturated carbocycles. The highest BCUT2D eigenvalue weighted by molar-refractivity contribution is 8.05. The van der Waals surface area contributed by atoms with Crippen molar-refractivity contribution in [2.45, 2.75) is 12.4 Å². The van der Waals surface area contributed by atoms with Gasteiger partial charge in [0.1, 0.15) is 5.75 Å². The van der Waals surface area contributed by atoms with E-state index in [1.807, 2.05) is 25.1 Å². The fourth-order valence-electron chi connectivity index (χ4n) is 2.42. The molecule has 2 aromatic rings. The number of nitrogens with one attached hydrogen (secondary N) is 2. The SMILES string of the molecule is COc1ccc(Cl)cc1/C=C1\SC(Nc2cc(Cl)ccc2C)NC1=O. The molecular formula is C18H16Cl2N2O2S. The molecule has 1 unspecified atom stereocenters. The summed E-state index contributed by atoms with van der Waals surface area (Å²) in [5.41, 5.74) is 2.41. The van der Waals surface area contributed by atoms with E-state index < -0.39 is 0 Å². The van der Waals surface area contributed by atoms with Crippen molar-refractivity contribution in [3.05, 3.63) is 62.5 Å². The van der Waals surface area contributed by atoms with Crippen molar-refractivity contribution in [3.8, 4) is 5.75 Å². The van der Waals surface area contributed by atoms with Crippen molar-refractivity contribution in [2.24, 2.45) is 0 Å². The Labute approximate surface area is 160 Å². The molecule has 1 aliphatic rings. The predicted molar refractivity (Wildman–Crippen MR) is 105 cm³/mol. The van der Waals surface area contributed by atoms with Crippen LogP contribution in [0.25, 0.3) is 6.08 Å². The molecule has 1 amide bonds. The number of carbonyl (C=O) groups is 1. The number of halogens is 2. The number of rotatable bonds is 4. The van der Waals surface area contributed by atoms with Gasteiger partial charge in [0, 0.05) is 21.3 Å². The van der Waals surface area contributed by atoms with Crippen LogP contribution in [0, 0.1) is 6.92 Å². The van der Waals surface area contributed by atoms with Gasteiger partial charge >= 0.3 is 0 Å². The lowest BCUT2D eigenvalue weighted by molar-refractivity contribution is -0.116. The second kappa shape index (κ2) is 7.60. The van der Waals surface area contributed by atoms with Crippen LogP contribution in [0.2, 0.25) is 10.0 Å². The van der Waals surface area contributed by atoms with Gasteiger partial charge in [0.05, 0.1) is 12.0 Å². The van der Waals surface area contributed by atoms with Gasteiger partial charge in [-0.1, -0.05) is 41.0 Å². The number of benzene rings is 2. The lowest BCUT2D eigenvalue weighted by Gasteiger charge is -2.15. The molecule has 1 fully saturated rings. The molecule has 0 spiro atoms. The van der Waals surface area contributed by atoms with Gasteiger partial charge in [-0.2, -0.15) is 0 Å². The van der Waals surface area contributed by atoms with E-state index in [0.29, 0.717) is 20.7 Å². The molecule has 3 rings (SSSR count). The number of hydrogen-bond acceptors (Lipinski definition) is 4. The molecule has 4 nitrogen and oxygen atoms in total. The second-order valence-electron chi connectivity index (χ2n) is 5.47. The Morgan fingerprint density at radius 2 is 1.92 bits per heavy atom. The number of methoxy groups -OCH3 is 1. The summed E-state index contributed by atoms with van der Waals surface area (Å²) in [6.07, 6.45) is 1.78. The van der Waals surface area contributed by atoms with Crippen LogP contribution in [-0.2, 0) is 4.79 Å². The smallest absolute Gasteiger partial charge is 0.260 e. The number of anilines is 1. The normalized spacial score (nSPS) is 18.3. The van der Waals surface area contributed by atoms with E-state index >= 15 is 0 Å². The highest BCUT2D eigenvalue weighted by atomic mass is 35.5. The van der Waals surface area contributed by atoms with E-state index in [1.54, 1.807) is 31.4 Å². The van der Waals surface area contributed by atoms with E-state index in [-0.39, 0.29) is 11.4 Å². The molecule has 130 valence electrons. The van der Waals surface area contributed by atoms with E-state index in [4.69, 9.17) is 27.9 Å². The van der Waals surface area contributed by atoms with Gasteiger partial charge in [-0.05, 0) is 48.9 Å². The Morgan fingerprint density at radius 1 is 1.20 bits per heavy atom. The molecule has 7 heteroatoms. The quantitative estimate of drug-likeness (QED) is 0.723. The molecule has 1 atom stereocenters. The molecule has 25 heavy (non-hydrogen) atoms. The zero-order valence-corrected chi connectivity index (χ0v) is 15.9. The van der Waals surface area contributed by atoms with Gasteiger partial charge < -0.3 is 15.4 Å². The van der Waals surface area contributed by atoms with Crippen LogP contribution < -0.4 is 15.4 Å². The van der Waals surface area contributed by atoms with Crippen LogP contribution in [0.4, 0.5) is 5.69 Å². The number of ether oxygens (including phenoxy) is 1. The fourth-order valence-corrected chi connectivity index (χ4v) is 3.73. The number of aryl methyl sites for hydroxylation is 1. The molecule has 0 radical (unpaired) electrons. The minimum absolute atomic E-state index is 0.149. The van der Waals surface area contributed by atoms with Crippen molar-refractivity contribution >= 4 is 52.6 Å². The topological polar surface area (TPSA) is 50.4 Å². The second-order valence-corrected chi connectivity index (χ2v) is 7.49. The van der Waals surface area contributed by atoms with Crippen LogP contribution in [0.1, 0.15) is 11.1 Å². The largest absolute Gasteiger partial charge is 0.496 e. The zero-order chi connectivity index (χ0) is 18.0. The first-order valence-corrected chi connectivity index (χ1v) is 9.15. The monoisotopic (exact) mass is 394 g/mol. The lowest BCUT2D eigenvalue weighted by atomic mass is 10.2. The minimum Gasteiger partial charge on any atom is -0.496 e. The van der Waals surface area contributed by atoms with Gasteiger partial charge in [-0.3, -0.25) is 4.79 Å². The summed E-state index contributed by atoms with van der Waals surface area (Å²) in [5.74, 6) is 0.511. The molecule has 0 aromatic heterocycles. The maximum atomic E-state index is 12.3. The molecule has 2 N–H and O–H groups in total. The molecule has 1 aliphatic heterocycles. The summed E-state index contributed by atoms with van der Waals surface area (Å²) < 4.78 is 5.32. The highest BCUT2D eigenvalue weighted by Gasteiger charge is 2.27. The molecule has 0 bridgehead atoms. The van der Waals surface area contributed by atoms with Gasteiger partial charge in [-0.25, -0.2) is 0 Å². The maximum Gasteiger partial charge on any atom is 0.260 e. The molecule has 1 saturated heterocycles. The van der Waals surface area contributed by atoms with Gasteiger partial charge in [0.15, 0.2) is 5.50 Å². The number of hydrogen-bond donors (Lipinski definition) is 2. The van der Waals surface area contributed by atoms with Crippen molar-refractivity contribution < 1.29 is 9.53 Å². The summed E-state index contributed by atoms with van der Waals surface area (Å²) in [7, 11) is 1.58. The van der Waals surface area contributed by atoms with Crippen LogP contribution >= 0.6 is 35.0 Å². The summed E-state index contributed by atoms with van der Waals surface area (Å²) in [4.78, 5) is 12.9. The summed E-state index contributed by atoms with van der Waals surface area (Å²) >= 11 is 13.5. The Hall–Kier alpha value is -1.82. The van der Waals surface area contributed by atoms with Gasteiger partial charge in [0.25, 0.3) is 5.91 Å². The summed E-state index contributed by atoms with van der Waals surface area (Å²) in [5, 5.41) is 7.41. The predicted octanol–water partition coefficient (Wildman–Crippen LogP) is 4.91. The number of thioether (sulfide) groups is 1. The van der Waals surface area contributed by atoms with Crippen LogP contribution in [0.15, 0.2) is 41.3 Å². The third-order valence-electron chi connectivity index (χ3n) is 3.70. The van der Waals surface area contributed by atoms with Gasteiger partial charge in [-0.15, -0.1) is 0 Å². The van der Waals surface area contributed by atoms with E-state index in [1.165, 1.54) is 11.8 Å². The first kappa shape index (κ1) is 18.0. The Morgan fingerprint density at radius 3 is 2.68 bits per heavy atom. The molecule has 1 heterocycles. The molecule has 2 aromatic carbocycles. The van der Waals surface area contributed by atoms with E-state index in [9.17, 15) is 4.79 Å². The average molecular weight is 395 g/mol. The summed E-state index contributed by atoms with van der Waals surface area (Å²) in [6, 6.07) is 10.9. The van der Waals surface area contributed by atoms with Crippen LogP contribution in [0.3, 0.4) is 0 Å². The van der Waals surface area contributed by atoms with Crippen molar-refractivity contribution in [1.82, 2.24) is 5.32 Å². The molecular weight excluding hydrogens is 379 g/mol. The third-order valence-corrected chi connectivity index (χ3v) is 5.19. The Bertz CT molecular complexity index is 855. The number of amides is 1. The zero-order valence-electron chi connectivity index (χ0n) is 13.6.